The zero-order valence-electron chi connectivity index (χ0n) is 16.1. The van der Waals surface area contributed by atoms with Crippen LogP contribution < -0.4 is 5.32 Å². The first-order chi connectivity index (χ1) is 12.8. The number of nitrogens with zero attached hydrogens (tertiary/aromatic N) is 5. The summed E-state index contributed by atoms with van der Waals surface area (Å²) in [6.07, 6.45) is 1.21. The Kier molecular flexibility index (Phi) is 6.71. The summed E-state index contributed by atoms with van der Waals surface area (Å²) < 4.78 is 6.68. The van der Waals surface area contributed by atoms with Crippen LogP contribution in [-0.2, 0) is 22.6 Å². The zero-order chi connectivity index (χ0) is 20.0. The van der Waals surface area contributed by atoms with Gasteiger partial charge in [-0.1, -0.05) is 5.16 Å². The van der Waals surface area contributed by atoms with Gasteiger partial charge in [-0.15, -0.1) is 0 Å². The number of carbonyl (C=O) groups excluding carboxylic acids is 2. The zero-order valence-corrected chi connectivity index (χ0v) is 16.1. The third-order valence-electron chi connectivity index (χ3n) is 4.26. The number of nitrogens with one attached hydrogen (secondary N) is 1. The molecule has 2 aromatic rings. The van der Waals surface area contributed by atoms with Gasteiger partial charge in [0.2, 0.25) is 11.8 Å². The van der Waals surface area contributed by atoms with E-state index in [0.29, 0.717) is 31.0 Å². The van der Waals surface area contributed by atoms with E-state index in [9.17, 15) is 9.59 Å². The van der Waals surface area contributed by atoms with E-state index in [2.05, 4.69) is 21.6 Å². The molecule has 9 nitrogen and oxygen atoms in total. The summed E-state index contributed by atoms with van der Waals surface area (Å²) in [5.74, 6) is 0.450. The summed E-state index contributed by atoms with van der Waals surface area (Å²) >= 11 is 0. The Labute approximate surface area is 157 Å². The summed E-state index contributed by atoms with van der Waals surface area (Å²) in [6, 6.07) is 3.71. The predicted molar refractivity (Wildman–Crippen MR) is 97.8 cm³/mol. The van der Waals surface area contributed by atoms with Crippen molar-refractivity contribution in [3.8, 4) is 6.07 Å². The van der Waals surface area contributed by atoms with E-state index in [-0.39, 0.29) is 24.8 Å². The van der Waals surface area contributed by atoms with Crippen molar-refractivity contribution in [1.29, 1.82) is 5.26 Å². The summed E-state index contributed by atoms with van der Waals surface area (Å²) in [7, 11) is 1.59. The number of likely N-dealkylation sites (N-methyl/N-ethyl adjacent to an activating group) is 1. The Balaban J connectivity index is 1.87. The van der Waals surface area contributed by atoms with Gasteiger partial charge in [-0.05, 0) is 32.8 Å². The fraction of sp³-hybridized carbons (Fsp3) is 0.500. The number of aryl methyl sites for hydroxylation is 3. The molecule has 2 aromatic heterocycles. The minimum Gasteiger partial charge on any atom is -0.360 e. The quantitative estimate of drug-likeness (QED) is 0.754. The van der Waals surface area contributed by atoms with Gasteiger partial charge >= 0.3 is 0 Å². The highest BCUT2D eigenvalue weighted by molar-refractivity contribution is 5.93. The second-order valence-corrected chi connectivity index (χ2v) is 6.40. The first kappa shape index (κ1) is 20.2. The van der Waals surface area contributed by atoms with Crippen LogP contribution in [0.3, 0.4) is 0 Å². The molecule has 2 heterocycles. The number of carbonyl (C=O) groups is 2. The molecular weight excluding hydrogens is 348 g/mol. The molecule has 0 aliphatic carbocycles. The average molecular weight is 372 g/mol. The molecule has 2 amide bonds. The van der Waals surface area contributed by atoms with Gasteiger partial charge in [0.05, 0.1) is 31.3 Å². The molecule has 0 spiro atoms. The van der Waals surface area contributed by atoms with E-state index in [1.807, 2.05) is 13.8 Å². The van der Waals surface area contributed by atoms with Gasteiger partial charge in [0, 0.05) is 25.2 Å². The number of rotatable bonds is 8. The molecule has 1 N–H and O–H groups in total. The van der Waals surface area contributed by atoms with Gasteiger partial charge < -0.3 is 14.7 Å². The SMILES string of the molecule is Cc1cc(NC(=O)CN(C)C(=O)CCc2c(C)nn(CCC#N)c2C)no1. The molecule has 9 heteroatoms. The van der Waals surface area contributed by atoms with E-state index in [1.165, 1.54) is 4.90 Å². The highest BCUT2D eigenvalue weighted by Gasteiger charge is 2.17. The molecule has 27 heavy (non-hydrogen) atoms. The molecule has 0 radical (unpaired) electrons. The Morgan fingerprint density at radius 3 is 2.74 bits per heavy atom. The molecule has 144 valence electrons. The molecule has 0 unspecified atom stereocenters. The van der Waals surface area contributed by atoms with Crippen molar-refractivity contribution in [1.82, 2.24) is 19.8 Å². The smallest absolute Gasteiger partial charge is 0.245 e. The third kappa shape index (κ3) is 5.41. The molecule has 0 aliphatic heterocycles. The van der Waals surface area contributed by atoms with Crippen molar-refractivity contribution >= 4 is 17.6 Å². The van der Waals surface area contributed by atoms with Gasteiger partial charge in [-0.25, -0.2) is 0 Å². The topological polar surface area (TPSA) is 117 Å². The molecule has 0 saturated heterocycles. The van der Waals surface area contributed by atoms with Crippen molar-refractivity contribution in [2.24, 2.45) is 0 Å². The van der Waals surface area contributed by atoms with Crippen LogP contribution in [-0.4, -0.2) is 45.2 Å². The molecule has 0 aliphatic rings. The lowest BCUT2D eigenvalue weighted by Gasteiger charge is -2.16. The summed E-state index contributed by atoms with van der Waals surface area (Å²) in [4.78, 5) is 25.7. The Hall–Kier alpha value is -3.15. The minimum absolute atomic E-state index is 0.0653. The first-order valence-electron chi connectivity index (χ1n) is 8.68. The van der Waals surface area contributed by atoms with Gasteiger partial charge in [0.1, 0.15) is 5.76 Å². The number of nitriles is 1. The number of amides is 2. The molecule has 2 rings (SSSR count). The van der Waals surface area contributed by atoms with Crippen LogP contribution >= 0.6 is 0 Å². The van der Waals surface area contributed by atoms with Crippen LogP contribution in [0.2, 0.25) is 0 Å². The maximum Gasteiger partial charge on any atom is 0.245 e. The fourth-order valence-electron chi connectivity index (χ4n) is 2.80. The van der Waals surface area contributed by atoms with E-state index in [0.717, 1.165) is 17.0 Å². The average Bonchev–Trinajstić information content (AvgIpc) is 3.13. The molecule has 0 fully saturated rings. The monoisotopic (exact) mass is 372 g/mol. The Bertz CT molecular complexity index is 861. The van der Waals surface area contributed by atoms with Crippen molar-refractivity contribution in [3.05, 3.63) is 28.8 Å². The van der Waals surface area contributed by atoms with Crippen LogP contribution in [0.4, 0.5) is 5.82 Å². The maximum absolute atomic E-state index is 12.4. The van der Waals surface area contributed by atoms with Crippen molar-refractivity contribution < 1.29 is 14.1 Å². The largest absolute Gasteiger partial charge is 0.360 e. The van der Waals surface area contributed by atoms with Crippen molar-refractivity contribution in [3.63, 3.8) is 0 Å². The Morgan fingerprint density at radius 1 is 1.37 bits per heavy atom. The maximum atomic E-state index is 12.4. The van der Waals surface area contributed by atoms with Crippen LogP contribution in [0.15, 0.2) is 10.6 Å². The highest BCUT2D eigenvalue weighted by atomic mass is 16.5. The van der Waals surface area contributed by atoms with Crippen LogP contribution in [0.25, 0.3) is 0 Å². The summed E-state index contributed by atoms with van der Waals surface area (Å²) in [6.45, 7) is 6.04. The molecule has 0 atom stereocenters. The van der Waals surface area contributed by atoms with Crippen LogP contribution in [0, 0.1) is 32.1 Å². The third-order valence-corrected chi connectivity index (χ3v) is 4.26. The van der Waals surface area contributed by atoms with E-state index >= 15 is 0 Å². The lowest BCUT2D eigenvalue weighted by atomic mass is 10.1. The van der Waals surface area contributed by atoms with Crippen molar-refractivity contribution in [2.75, 3.05) is 18.9 Å². The van der Waals surface area contributed by atoms with Gasteiger partial charge in [-0.2, -0.15) is 10.4 Å². The van der Waals surface area contributed by atoms with E-state index in [1.54, 1.807) is 24.7 Å². The first-order valence-corrected chi connectivity index (χ1v) is 8.68. The number of aromatic nitrogens is 3. The van der Waals surface area contributed by atoms with Crippen molar-refractivity contribution in [2.45, 2.75) is 46.6 Å². The predicted octanol–water partition coefficient (Wildman–Crippen LogP) is 1.74. The number of hydrogen-bond donors (Lipinski definition) is 1. The second-order valence-electron chi connectivity index (χ2n) is 6.40. The standard InChI is InChI=1S/C18H24N6O3/c1-12-10-16(22-27-12)20-17(25)11-23(4)18(26)7-6-15-13(2)21-24(14(15)3)9-5-8-19/h10H,5-7,9,11H2,1-4H3,(H,20,22,25). The lowest BCUT2D eigenvalue weighted by Crippen LogP contribution is -2.35. The second kappa shape index (κ2) is 8.98. The summed E-state index contributed by atoms with van der Waals surface area (Å²) in [5, 5.41) is 19.4. The molecule has 0 aromatic carbocycles. The Morgan fingerprint density at radius 2 is 2.11 bits per heavy atom. The number of hydrogen-bond acceptors (Lipinski definition) is 6. The van der Waals surface area contributed by atoms with Gasteiger partial charge in [-0.3, -0.25) is 14.3 Å². The number of anilines is 1. The fourth-order valence-corrected chi connectivity index (χ4v) is 2.80. The van der Waals surface area contributed by atoms with Gasteiger partial charge in [0.25, 0.3) is 0 Å². The molecule has 0 saturated carbocycles. The molecule has 0 bridgehead atoms. The molecular formula is C18H24N6O3. The lowest BCUT2D eigenvalue weighted by molar-refractivity contribution is -0.133. The van der Waals surface area contributed by atoms with E-state index in [4.69, 9.17) is 9.78 Å². The van der Waals surface area contributed by atoms with E-state index < -0.39 is 0 Å². The summed E-state index contributed by atoms with van der Waals surface area (Å²) in [5.41, 5.74) is 2.84. The highest BCUT2D eigenvalue weighted by Crippen LogP contribution is 2.16. The van der Waals surface area contributed by atoms with Crippen LogP contribution in [0.1, 0.15) is 35.6 Å². The van der Waals surface area contributed by atoms with Gasteiger partial charge in [0.15, 0.2) is 5.82 Å². The minimum atomic E-state index is -0.337. The van der Waals surface area contributed by atoms with Crippen LogP contribution in [0.5, 0.6) is 0 Å². The normalized spacial score (nSPS) is 10.5.